The Balaban J connectivity index is 4.03. The molecule has 0 aromatic carbocycles. The summed E-state index contributed by atoms with van der Waals surface area (Å²) in [5.41, 5.74) is 0. The first-order valence-electron chi connectivity index (χ1n) is 2.93. The minimum Gasteiger partial charge on any atom is -0.460 e. The van der Waals surface area contributed by atoms with Gasteiger partial charge in [0.1, 0.15) is 0 Å². The Morgan fingerprint density at radius 1 is 1.36 bits per heavy atom. The van der Waals surface area contributed by atoms with Gasteiger partial charge >= 0.3 is 11.8 Å². The van der Waals surface area contributed by atoms with Crippen molar-refractivity contribution in [2.24, 2.45) is 0 Å². The third kappa shape index (κ3) is 3.27. The predicted octanol–water partition coefficient (Wildman–Crippen LogP) is 0.0826. The first-order chi connectivity index (χ1) is 5.13. The Kier molecular flexibility index (Phi) is 4.69. The molecular formula is C6H7BrO4. The molecule has 0 aromatic heterocycles. The molecule has 0 heterocycles. The molecule has 0 N–H and O–H groups in total. The smallest absolute Gasteiger partial charge is 0.382 e. The standard InChI is InChI=1S/C6H7BrO4/c1-2-11-6(10)5(9)4(8)3-7/h2-3H2,1H3. The molecule has 0 spiro atoms. The highest BCUT2D eigenvalue weighted by atomic mass is 79.9. The second-order valence-electron chi connectivity index (χ2n) is 1.61. The van der Waals surface area contributed by atoms with Gasteiger partial charge in [-0.25, -0.2) is 4.79 Å². The van der Waals surface area contributed by atoms with Crippen molar-refractivity contribution in [1.82, 2.24) is 0 Å². The summed E-state index contributed by atoms with van der Waals surface area (Å²) < 4.78 is 4.30. The van der Waals surface area contributed by atoms with Crippen LogP contribution < -0.4 is 0 Å². The molecule has 4 nitrogen and oxygen atoms in total. The summed E-state index contributed by atoms with van der Waals surface area (Å²) in [6.45, 7) is 1.66. The van der Waals surface area contributed by atoms with Crippen molar-refractivity contribution in [3.05, 3.63) is 0 Å². The second kappa shape index (κ2) is 5.01. The molecule has 0 fully saturated rings. The van der Waals surface area contributed by atoms with E-state index >= 15 is 0 Å². The highest BCUT2D eigenvalue weighted by Crippen LogP contribution is 1.88. The topological polar surface area (TPSA) is 60.4 Å². The normalized spacial score (nSPS) is 8.91. The highest BCUT2D eigenvalue weighted by Gasteiger charge is 2.22. The van der Waals surface area contributed by atoms with Crippen molar-refractivity contribution >= 4 is 33.5 Å². The first kappa shape index (κ1) is 10.3. The minimum absolute atomic E-state index is 0.0974. The van der Waals surface area contributed by atoms with E-state index in [9.17, 15) is 14.4 Å². The van der Waals surface area contributed by atoms with E-state index < -0.39 is 17.5 Å². The summed E-state index contributed by atoms with van der Waals surface area (Å²) in [5, 5.41) is -0.148. The van der Waals surface area contributed by atoms with Crippen LogP contribution >= 0.6 is 15.9 Å². The lowest BCUT2D eigenvalue weighted by Gasteiger charge is -1.96. The summed E-state index contributed by atoms with van der Waals surface area (Å²) >= 11 is 2.76. The van der Waals surface area contributed by atoms with Gasteiger partial charge in [0.05, 0.1) is 11.9 Å². The number of esters is 1. The van der Waals surface area contributed by atoms with Gasteiger partial charge in [-0.05, 0) is 6.92 Å². The maximum absolute atomic E-state index is 10.6. The monoisotopic (exact) mass is 222 g/mol. The van der Waals surface area contributed by atoms with E-state index in [1.807, 2.05) is 0 Å². The number of halogens is 1. The van der Waals surface area contributed by atoms with Gasteiger partial charge in [-0.15, -0.1) is 0 Å². The van der Waals surface area contributed by atoms with Gasteiger partial charge in [0.25, 0.3) is 0 Å². The van der Waals surface area contributed by atoms with Crippen LogP contribution in [0.3, 0.4) is 0 Å². The lowest BCUT2D eigenvalue weighted by atomic mass is 10.3. The summed E-state index contributed by atoms with van der Waals surface area (Å²) in [4.78, 5) is 31.7. The lowest BCUT2D eigenvalue weighted by Crippen LogP contribution is -2.26. The quantitative estimate of drug-likeness (QED) is 0.293. The van der Waals surface area contributed by atoms with Crippen LogP contribution in [0.5, 0.6) is 0 Å². The van der Waals surface area contributed by atoms with Crippen LogP contribution in [0.25, 0.3) is 0 Å². The molecule has 0 atom stereocenters. The average Bonchev–Trinajstić information content (AvgIpc) is 2.02. The van der Waals surface area contributed by atoms with Gasteiger partial charge in [-0.1, -0.05) is 15.9 Å². The second-order valence-corrected chi connectivity index (χ2v) is 2.17. The van der Waals surface area contributed by atoms with Crippen molar-refractivity contribution in [3.63, 3.8) is 0 Å². The molecule has 0 aliphatic heterocycles. The van der Waals surface area contributed by atoms with Crippen molar-refractivity contribution in [3.8, 4) is 0 Å². The number of hydrogen-bond acceptors (Lipinski definition) is 4. The number of carbonyl (C=O) groups is 3. The SMILES string of the molecule is CCOC(=O)C(=O)C(=O)CBr. The Hall–Kier alpha value is -0.710. The molecule has 5 heteroatoms. The zero-order valence-electron chi connectivity index (χ0n) is 5.93. The average molecular weight is 223 g/mol. The van der Waals surface area contributed by atoms with E-state index in [4.69, 9.17) is 0 Å². The van der Waals surface area contributed by atoms with Crippen molar-refractivity contribution < 1.29 is 19.1 Å². The minimum atomic E-state index is -1.11. The maximum atomic E-state index is 10.6. The molecule has 0 aliphatic rings. The van der Waals surface area contributed by atoms with Crippen molar-refractivity contribution in [2.45, 2.75) is 6.92 Å². The zero-order valence-corrected chi connectivity index (χ0v) is 7.51. The van der Waals surface area contributed by atoms with Crippen LogP contribution in [-0.2, 0) is 19.1 Å². The number of alkyl halides is 1. The molecule has 0 amide bonds. The molecule has 0 saturated heterocycles. The van der Waals surface area contributed by atoms with Crippen LogP contribution in [0.2, 0.25) is 0 Å². The van der Waals surface area contributed by atoms with Gasteiger partial charge < -0.3 is 4.74 Å². The number of Topliss-reactive ketones (excluding diaryl/α,β-unsaturated/α-hetero) is 2. The zero-order chi connectivity index (χ0) is 8.85. The van der Waals surface area contributed by atoms with E-state index in [-0.39, 0.29) is 11.9 Å². The summed E-state index contributed by atoms with van der Waals surface area (Å²) in [5.74, 6) is -2.98. The van der Waals surface area contributed by atoms with Crippen LogP contribution in [0.1, 0.15) is 6.92 Å². The van der Waals surface area contributed by atoms with Crippen LogP contribution in [0.15, 0.2) is 0 Å². The highest BCUT2D eigenvalue weighted by molar-refractivity contribution is 9.09. The largest absolute Gasteiger partial charge is 0.460 e. The molecule has 0 aliphatic carbocycles. The number of hydrogen-bond donors (Lipinski definition) is 0. The number of rotatable bonds is 4. The fourth-order valence-corrected chi connectivity index (χ4v) is 0.626. The summed E-state index contributed by atoms with van der Waals surface area (Å²) in [6.07, 6.45) is 0. The molecular weight excluding hydrogens is 216 g/mol. The van der Waals surface area contributed by atoms with E-state index in [1.54, 1.807) is 6.92 Å². The van der Waals surface area contributed by atoms with E-state index in [1.165, 1.54) is 0 Å². The van der Waals surface area contributed by atoms with Gasteiger partial charge in [0.2, 0.25) is 5.78 Å². The molecule has 0 rings (SSSR count). The van der Waals surface area contributed by atoms with Gasteiger partial charge in [0.15, 0.2) is 0 Å². The third-order valence-corrected chi connectivity index (χ3v) is 1.34. The Bertz CT molecular complexity index is 187. The fraction of sp³-hybridized carbons (Fsp3) is 0.500. The van der Waals surface area contributed by atoms with Crippen LogP contribution in [0, 0.1) is 0 Å². The lowest BCUT2D eigenvalue weighted by molar-refractivity contribution is -0.156. The number of ether oxygens (including phenoxy) is 1. The summed E-state index contributed by atoms with van der Waals surface area (Å²) in [7, 11) is 0. The predicted molar refractivity (Wildman–Crippen MR) is 40.4 cm³/mol. The molecule has 0 aromatic rings. The maximum Gasteiger partial charge on any atom is 0.382 e. The third-order valence-electron chi connectivity index (χ3n) is 0.835. The number of carbonyl (C=O) groups excluding carboxylic acids is 3. The summed E-state index contributed by atoms with van der Waals surface area (Å²) in [6, 6.07) is 0. The molecule has 0 saturated carbocycles. The molecule has 0 bridgehead atoms. The fourth-order valence-electron chi connectivity index (χ4n) is 0.371. The van der Waals surface area contributed by atoms with Crippen LogP contribution in [-0.4, -0.2) is 29.5 Å². The van der Waals surface area contributed by atoms with Gasteiger partial charge in [0, 0.05) is 0 Å². The first-order valence-corrected chi connectivity index (χ1v) is 4.05. The number of ketones is 2. The van der Waals surface area contributed by atoms with Gasteiger partial charge in [-0.3, -0.25) is 9.59 Å². The van der Waals surface area contributed by atoms with Crippen LogP contribution in [0.4, 0.5) is 0 Å². The van der Waals surface area contributed by atoms with Crippen molar-refractivity contribution in [1.29, 1.82) is 0 Å². The Labute approximate surface area is 72.0 Å². The van der Waals surface area contributed by atoms with Gasteiger partial charge in [-0.2, -0.15) is 0 Å². The van der Waals surface area contributed by atoms with Crippen molar-refractivity contribution in [2.75, 3.05) is 11.9 Å². The molecule has 0 unspecified atom stereocenters. The molecule has 11 heavy (non-hydrogen) atoms. The van der Waals surface area contributed by atoms with E-state index in [0.29, 0.717) is 0 Å². The van der Waals surface area contributed by atoms with E-state index in [2.05, 4.69) is 20.7 Å². The Morgan fingerprint density at radius 2 is 1.91 bits per heavy atom. The molecule has 62 valence electrons. The van der Waals surface area contributed by atoms with E-state index in [0.717, 1.165) is 0 Å². The molecule has 0 radical (unpaired) electrons. The Morgan fingerprint density at radius 3 is 2.27 bits per heavy atom.